The van der Waals surface area contributed by atoms with Gasteiger partial charge in [-0.25, -0.2) is 0 Å². The van der Waals surface area contributed by atoms with Crippen LogP contribution in [0.3, 0.4) is 0 Å². The zero-order valence-corrected chi connectivity index (χ0v) is 15.9. The van der Waals surface area contributed by atoms with Crippen LogP contribution in [0, 0.1) is 6.92 Å². The van der Waals surface area contributed by atoms with Crippen LogP contribution < -0.4 is 0 Å². The highest BCUT2D eigenvalue weighted by molar-refractivity contribution is 8.15. The quantitative estimate of drug-likeness (QED) is 0.553. The Balaban J connectivity index is 1.82. The third-order valence-electron chi connectivity index (χ3n) is 4.31. The molecule has 1 saturated heterocycles. The lowest BCUT2D eigenvalue weighted by atomic mass is 10.1. The Morgan fingerprint density at radius 2 is 1.85 bits per heavy atom. The van der Waals surface area contributed by atoms with E-state index in [0.29, 0.717) is 11.7 Å². The minimum Gasteiger partial charge on any atom is -0.284 e. The molecule has 1 amide bonds. The summed E-state index contributed by atoms with van der Waals surface area (Å²) in [5.74, 6) is 0.133. The molecule has 0 unspecified atom stereocenters. The molecular formula is C21H23N3OS. The van der Waals surface area contributed by atoms with Crippen molar-refractivity contribution in [3.05, 3.63) is 71.3 Å². The molecule has 0 saturated carbocycles. The molecule has 0 spiro atoms. The normalized spacial score (nSPS) is 19.0. The number of amidine groups is 1. The molecule has 4 nitrogen and oxygen atoms in total. The van der Waals surface area contributed by atoms with Crippen molar-refractivity contribution >= 4 is 29.1 Å². The molecule has 1 fully saturated rings. The first-order valence-corrected chi connectivity index (χ1v) is 9.75. The molecule has 2 aromatic rings. The number of benzene rings is 2. The summed E-state index contributed by atoms with van der Waals surface area (Å²) in [6.07, 6.45) is 3.55. The lowest BCUT2D eigenvalue weighted by molar-refractivity contribution is -0.126. The summed E-state index contributed by atoms with van der Waals surface area (Å²) in [5.41, 5.74) is 3.30. The third-order valence-corrected chi connectivity index (χ3v) is 5.54. The van der Waals surface area contributed by atoms with E-state index >= 15 is 0 Å². The summed E-state index contributed by atoms with van der Waals surface area (Å²) in [6, 6.07) is 18.0. The van der Waals surface area contributed by atoms with Crippen LogP contribution in [0.1, 0.15) is 36.5 Å². The number of aryl methyl sites for hydroxylation is 1. The Kier molecular flexibility index (Phi) is 6.23. The zero-order chi connectivity index (χ0) is 18.4. The Morgan fingerprint density at radius 3 is 2.58 bits per heavy atom. The molecule has 1 atom stereocenters. The predicted molar refractivity (Wildman–Crippen MR) is 109 cm³/mol. The fourth-order valence-electron chi connectivity index (χ4n) is 2.82. The molecular weight excluding hydrogens is 342 g/mol. The van der Waals surface area contributed by atoms with Gasteiger partial charge in [-0.3, -0.25) is 9.69 Å². The van der Waals surface area contributed by atoms with Crippen molar-refractivity contribution in [3.8, 4) is 0 Å². The highest BCUT2D eigenvalue weighted by atomic mass is 32.2. The number of amides is 1. The predicted octanol–water partition coefficient (Wildman–Crippen LogP) is 4.63. The van der Waals surface area contributed by atoms with Crippen molar-refractivity contribution in [3.63, 3.8) is 0 Å². The van der Waals surface area contributed by atoms with Crippen LogP contribution in [-0.2, 0) is 11.3 Å². The van der Waals surface area contributed by atoms with Crippen molar-refractivity contribution in [1.82, 2.24) is 4.90 Å². The Hall–Kier alpha value is -2.40. The number of hydrogen-bond donors (Lipinski definition) is 0. The second kappa shape index (κ2) is 8.81. The molecule has 26 heavy (non-hydrogen) atoms. The molecule has 5 heteroatoms. The maximum atomic E-state index is 12.8. The average Bonchev–Trinajstić information content (AvgIpc) is 2.94. The molecule has 0 radical (unpaired) electrons. The van der Waals surface area contributed by atoms with Gasteiger partial charge in [-0.15, -0.1) is 5.10 Å². The smallest absolute Gasteiger partial charge is 0.242 e. The van der Waals surface area contributed by atoms with Crippen LogP contribution in [0.15, 0.2) is 64.8 Å². The van der Waals surface area contributed by atoms with E-state index in [0.717, 1.165) is 24.0 Å². The topological polar surface area (TPSA) is 45.0 Å². The first-order valence-electron chi connectivity index (χ1n) is 8.87. The lowest BCUT2D eigenvalue weighted by Gasteiger charge is -2.17. The van der Waals surface area contributed by atoms with Gasteiger partial charge in [0.1, 0.15) is 0 Å². The molecule has 134 valence electrons. The summed E-state index contributed by atoms with van der Waals surface area (Å²) < 4.78 is 0. The number of thioether (sulfide) groups is 1. The van der Waals surface area contributed by atoms with Crippen LogP contribution in [0.2, 0.25) is 0 Å². The Morgan fingerprint density at radius 1 is 1.12 bits per heavy atom. The number of hydrogen-bond acceptors (Lipinski definition) is 4. The maximum absolute atomic E-state index is 12.8. The van der Waals surface area contributed by atoms with Gasteiger partial charge in [-0.2, -0.15) is 5.10 Å². The summed E-state index contributed by atoms with van der Waals surface area (Å²) >= 11 is 1.52. The Bertz CT molecular complexity index is 817. The van der Waals surface area contributed by atoms with Gasteiger partial charge in [0.2, 0.25) is 5.91 Å². The summed E-state index contributed by atoms with van der Waals surface area (Å²) in [5, 5.41) is 9.20. The summed E-state index contributed by atoms with van der Waals surface area (Å²) in [7, 11) is 0. The van der Waals surface area contributed by atoms with Gasteiger partial charge < -0.3 is 0 Å². The summed E-state index contributed by atoms with van der Waals surface area (Å²) in [4.78, 5) is 14.6. The van der Waals surface area contributed by atoms with Crippen molar-refractivity contribution < 1.29 is 4.79 Å². The van der Waals surface area contributed by atoms with Gasteiger partial charge >= 0.3 is 0 Å². The van der Waals surface area contributed by atoms with Gasteiger partial charge in [0.05, 0.1) is 18.0 Å². The SMILES string of the molecule is CCC[C@H]1S/C(=N/N=C\c2ccccc2)N(Cc2ccccc2C)C1=O. The third kappa shape index (κ3) is 4.41. The second-order valence-electron chi connectivity index (χ2n) is 6.28. The first kappa shape index (κ1) is 18.4. The van der Waals surface area contributed by atoms with E-state index in [1.54, 1.807) is 11.1 Å². The monoisotopic (exact) mass is 365 g/mol. The van der Waals surface area contributed by atoms with Crippen LogP contribution in [0.5, 0.6) is 0 Å². The van der Waals surface area contributed by atoms with Crippen LogP contribution in [0.4, 0.5) is 0 Å². The molecule has 0 aliphatic carbocycles. The van der Waals surface area contributed by atoms with E-state index in [1.807, 2.05) is 42.5 Å². The molecule has 0 N–H and O–H groups in total. The first-order chi connectivity index (χ1) is 12.7. The number of carbonyl (C=O) groups excluding carboxylic acids is 1. The number of rotatable bonds is 6. The van der Waals surface area contributed by atoms with E-state index in [1.165, 1.54) is 17.3 Å². The van der Waals surface area contributed by atoms with E-state index < -0.39 is 0 Å². The molecule has 1 heterocycles. The molecule has 1 aliphatic heterocycles. The molecule has 3 rings (SSSR count). The zero-order valence-electron chi connectivity index (χ0n) is 15.1. The van der Waals surface area contributed by atoms with Crippen molar-refractivity contribution in [2.75, 3.05) is 0 Å². The van der Waals surface area contributed by atoms with Gasteiger partial charge in [0.25, 0.3) is 0 Å². The summed E-state index contributed by atoms with van der Waals surface area (Å²) in [6.45, 7) is 4.71. The van der Waals surface area contributed by atoms with Crippen molar-refractivity contribution in [1.29, 1.82) is 0 Å². The van der Waals surface area contributed by atoms with Crippen LogP contribution >= 0.6 is 11.8 Å². The molecule has 0 bridgehead atoms. The van der Waals surface area contributed by atoms with Crippen molar-refractivity contribution in [2.24, 2.45) is 10.2 Å². The van der Waals surface area contributed by atoms with E-state index in [9.17, 15) is 4.79 Å². The lowest BCUT2D eigenvalue weighted by Crippen LogP contribution is -2.31. The fourth-order valence-corrected chi connectivity index (χ4v) is 4.03. The van der Waals surface area contributed by atoms with Gasteiger partial charge in [0.15, 0.2) is 5.17 Å². The van der Waals surface area contributed by atoms with Crippen molar-refractivity contribution in [2.45, 2.75) is 38.5 Å². The number of carbonyl (C=O) groups is 1. The molecule has 1 aliphatic rings. The average molecular weight is 366 g/mol. The largest absolute Gasteiger partial charge is 0.284 e. The molecule has 0 aromatic heterocycles. The van der Waals surface area contributed by atoms with Crippen LogP contribution in [-0.4, -0.2) is 27.4 Å². The maximum Gasteiger partial charge on any atom is 0.242 e. The van der Waals surface area contributed by atoms with Crippen LogP contribution in [0.25, 0.3) is 0 Å². The van der Waals surface area contributed by atoms with E-state index in [-0.39, 0.29) is 11.2 Å². The van der Waals surface area contributed by atoms with E-state index in [2.05, 4.69) is 36.2 Å². The highest BCUT2D eigenvalue weighted by Gasteiger charge is 2.37. The Labute approximate surface area is 159 Å². The molecule has 2 aromatic carbocycles. The van der Waals surface area contributed by atoms with Gasteiger partial charge in [-0.05, 0) is 30.0 Å². The standard InChI is InChI=1S/C21H23N3OS/c1-3-9-19-20(25)24(15-18-13-8-7-10-16(18)2)21(26-19)23-22-14-17-11-5-4-6-12-17/h4-8,10-14,19H,3,9,15H2,1-2H3/b22-14-,23-21+/t19-/m1/s1. The highest BCUT2D eigenvalue weighted by Crippen LogP contribution is 2.32. The van der Waals surface area contributed by atoms with Gasteiger partial charge in [0, 0.05) is 0 Å². The van der Waals surface area contributed by atoms with Gasteiger partial charge in [-0.1, -0.05) is 79.7 Å². The second-order valence-corrected chi connectivity index (χ2v) is 7.45. The number of nitrogens with zero attached hydrogens (tertiary/aromatic N) is 3. The minimum atomic E-state index is -0.0605. The fraction of sp³-hybridized carbons (Fsp3) is 0.286. The van der Waals surface area contributed by atoms with E-state index in [4.69, 9.17) is 0 Å². The minimum absolute atomic E-state index is 0.0605.